The Kier molecular flexibility index (Phi) is 5.69. The van der Waals surface area contributed by atoms with Crippen molar-refractivity contribution in [3.8, 4) is 0 Å². The minimum Gasteiger partial charge on any atom is -0.379 e. The average Bonchev–Trinajstić information content (AvgIpc) is 2.39. The molecule has 1 saturated carbocycles. The maximum atomic E-state index is 13.0. The van der Waals surface area contributed by atoms with E-state index in [4.69, 9.17) is 4.74 Å². The second-order valence-electron chi connectivity index (χ2n) is 6.02. The third kappa shape index (κ3) is 4.60. The van der Waals surface area contributed by atoms with Crippen LogP contribution in [0.15, 0.2) is 0 Å². The molecule has 0 amide bonds. The Bertz CT molecular complexity index is 293. The maximum absolute atomic E-state index is 13.0. The number of nitrogens with zero attached hydrogens (tertiary/aromatic N) is 1. The van der Waals surface area contributed by atoms with Gasteiger partial charge in [-0.1, -0.05) is 12.8 Å². The van der Waals surface area contributed by atoms with Crippen molar-refractivity contribution in [3.63, 3.8) is 0 Å². The lowest BCUT2D eigenvalue weighted by Crippen LogP contribution is -2.52. The summed E-state index contributed by atoms with van der Waals surface area (Å²) in [6.07, 6.45) is -1.57. The molecular weight excluding hydrogens is 269 g/mol. The van der Waals surface area contributed by atoms with Crippen LogP contribution >= 0.6 is 0 Å². The summed E-state index contributed by atoms with van der Waals surface area (Å²) in [4.78, 5) is 2.26. The molecule has 2 rings (SSSR count). The van der Waals surface area contributed by atoms with Crippen molar-refractivity contribution in [3.05, 3.63) is 0 Å². The second kappa shape index (κ2) is 7.09. The Balaban J connectivity index is 1.83. The van der Waals surface area contributed by atoms with Crippen LogP contribution in [-0.4, -0.2) is 56.0 Å². The number of ether oxygens (including phenoxy) is 1. The van der Waals surface area contributed by atoms with Crippen LogP contribution in [0, 0.1) is 5.92 Å². The van der Waals surface area contributed by atoms with Gasteiger partial charge in [0.15, 0.2) is 0 Å². The van der Waals surface area contributed by atoms with E-state index in [0.29, 0.717) is 12.8 Å². The van der Waals surface area contributed by atoms with Crippen LogP contribution in [0.2, 0.25) is 0 Å². The molecule has 0 aromatic carbocycles. The molecule has 1 heterocycles. The fourth-order valence-electron chi connectivity index (χ4n) is 3.31. The van der Waals surface area contributed by atoms with E-state index in [1.165, 1.54) is 0 Å². The number of nitrogens with one attached hydrogen (secondary N) is 1. The highest BCUT2D eigenvalue weighted by molar-refractivity contribution is 4.87. The summed E-state index contributed by atoms with van der Waals surface area (Å²) < 4.78 is 44.4. The number of halogens is 3. The first-order valence-electron chi connectivity index (χ1n) is 7.59. The lowest BCUT2D eigenvalue weighted by Gasteiger charge is -2.37. The molecule has 2 fully saturated rings. The van der Waals surface area contributed by atoms with Gasteiger partial charge in [0.1, 0.15) is 0 Å². The lowest BCUT2D eigenvalue weighted by molar-refractivity contribution is -0.189. The van der Waals surface area contributed by atoms with E-state index in [-0.39, 0.29) is 12.5 Å². The largest absolute Gasteiger partial charge is 0.393 e. The van der Waals surface area contributed by atoms with Crippen molar-refractivity contribution in [1.29, 1.82) is 0 Å². The zero-order valence-electron chi connectivity index (χ0n) is 12.1. The molecule has 0 bridgehead atoms. The number of alkyl halides is 3. The first-order valence-corrected chi connectivity index (χ1v) is 7.59. The smallest absolute Gasteiger partial charge is 0.379 e. The zero-order valence-corrected chi connectivity index (χ0v) is 12.1. The molecule has 3 nitrogen and oxygen atoms in total. The van der Waals surface area contributed by atoms with Crippen LogP contribution in [0.1, 0.15) is 32.6 Å². The Labute approximate surface area is 118 Å². The van der Waals surface area contributed by atoms with Gasteiger partial charge in [-0.2, -0.15) is 13.2 Å². The topological polar surface area (TPSA) is 24.5 Å². The monoisotopic (exact) mass is 294 g/mol. The van der Waals surface area contributed by atoms with Crippen molar-refractivity contribution in [2.45, 2.75) is 50.9 Å². The Morgan fingerprint density at radius 3 is 2.50 bits per heavy atom. The minimum absolute atomic E-state index is 0.0843. The Hall–Kier alpha value is -0.330. The van der Waals surface area contributed by atoms with Crippen molar-refractivity contribution < 1.29 is 17.9 Å². The van der Waals surface area contributed by atoms with Crippen molar-refractivity contribution >= 4 is 0 Å². The third-order valence-electron chi connectivity index (χ3n) is 4.32. The summed E-state index contributed by atoms with van der Waals surface area (Å²) >= 11 is 0. The van der Waals surface area contributed by atoms with Gasteiger partial charge in [-0.05, 0) is 19.8 Å². The third-order valence-corrected chi connectivity index (χ3v) is 4.32. The quantitative estimate of drug-likeness (QED) is 0.862. The Morgan fingerprint density at radius 2 is 1.85 bits per heavy atom. The van der Waals surface area contributed by atoms with Crippen LogP contribution in [0.5, 0.6) is 0 Å². The van der Waals surface area contributed by atoms with E-state index >= 15 is 0 Å². The molecule has 1 aliphatic carbocycles. The summed E-state index contributed by atoms with van der Waals surface area (Å²) in [5.74, 6) is -1.18. The van der Waals surface area contributed by atoms with Gasteiger partial charge in [-0.3, -0.25) is 4.90 Å². The number of hydrogen-bond acceptors (Lipinski definition) is 3. The summed E-state index contributed by atoms with van der Waals surface area (Å²) in [5.41, 5.74) is 0. The van der Waals surface area contributed by atoms with Crippen LogP contribution in [0.3, 0.4) is 0 Å². The zero-order chi connectivity index (χ0) is 14.6. The van der Waals surface area contributed by atoms with E-state index in [0.717, 1.165) is 39.3 Å². The molecule has 118 valence electrons. The van der Waals surface area contributed by atoms with Gasteiger partial charge >= 0.3 is 6.18 Å². The van der Waals surface area contributed by atoms with E-state index < -0.39 is 18.1 Å². The molecule has 0 aromatic heterocycles. The SMILES string of the molecule is CC(CN1CCOCC1)NC1CCCCC1C(F)(F)F. The standard InChI is InChI=1S/C14H25F3N2O/c1-11(10-19-6-8-20-9-7-19)18-13-5-3-2-4-12(13)14(15,16)17/h11-13,18H,2-10H2,1H3. The molecule has 0 spiro atoms. The van der Waals surface area contributed by atoms with Crippen LogP contribution in [0.4, 0.5) is 13.2 Å². The first-order chi connectivity index (χ1) is 9.47. The minimum atomic E-state index is -4.07. The summed E-state index contributed by atoms with van der Waals surface area (Å²) in [6.45, 7) is 5.98. The molecule has 1 N–H and O–H groups in total. The molecule has 2 aliphatic rings. The maximum Gasteiger partial charge on any atom is 0.393 e. The van der Waals surface area contributed by atoms with Crippen LogP contribution < -0.4 is 5.32 Å². The van der Waals surface area contributed by atoms with E-state index in [9.17, 15) is 13.2 Å². The number of rotatable bonds is 4. The first kappa shape index (κ1) is 16.0. The van der Waals surface area contributed by atoms with Crippen LogP contribution in [0.25, 0.3) is 0 Å². The number of morpholine rings is 1. The van der Waals surface area contributed by atoms with Gasteiger partial charge in [0.2, 0.25) is 0 Å². The molecule has 0 aromatic rings. The van der Waals surface area contributed by atoms with Gasteiger partial charge in [0.25, 0.3) is 0 Å². The van der Waals surface area contributed by atoms with Crippen LogP contribution in [-0.2, 0) is 4.74 Å². The molecular formula is C14H25F3N2O. The molecule has 1 aliphatic heterocycles. The van der Waals surface area contributed by atoms with Crippen molar-refractivity contribution in [1.82, 2.24) is 10.2 Å². The van der Waals surface area contributed by atoms with Crippen molar-refractivity contribution in [2.24, 2.45) is 5.92 Å². The molecule has 3 atom stereocenters. The molecule has 6 heteroatoms. The molecule has 20 heavy (non-hydrogen) atoms. The molecule has 0 radical (unpaired) electrons. The van der Waals surface area contributed by atoms with Crippen molar-refractivity contribution in [2.75, 3.05) is 32.8 Å². The second-order valence-corrected chi connectivity index (χ2v) is 6.02. The molecule has 3 unspecified atom stereocenters. The van der Waals surface area contributed by atoms with Gasteiger partial charge < -0.3 is 10.1 Å². The highest BCUT2D eigenvalue weighted by atomic mass is 19.4. The van der Waals surface area contributed by atoms with Gasteiger partial charge in [0.05, 0.1) is 19.1 Å². The van der Waals surface area contributed by atoms with E-state index in [2.05, 4.69) is 10.2 Å². The fourth-order valence-corrected chi connectivity index (χ4v) is 3.31. The summed E-state index contributed by atoms with van der Waals surface area (Å²) in [6, 6.07) is -0.333. The summed E-state index contributed by atoms with van der Waals surface area (Å²) in [5, 5.41) is 3.22. The normalized spacial score (nSPS) is 31.2. The van der Waals surface area contributed by atoms with Gasteiger partial charge in [-0.15, -0.1) is 0 Å². The number of hydrogen-bond donors (Lipinski definition) is 1. The highest BCUT2D eigenvalue weighted by Gasteiger charge is 2.45. The highest BCUT2D eigenvalue weighted by Crippen LogP contribution is 2.37. The van der Waals surface area contributed by atoms with E-state index in [1.54, 1.807) is 0 Å². The summed E-state index contributed by atoms with van der Waals surface area (Å²) in [7, 11) is 0. The lowest BCUT2D eigenvalue weighted by atomic mass is 9.83. The fraction of sp³-hybridized carbons (Fsp3) is 1.00. The van der Waals surface area contributed by atoms with E-state index in [1.807, 2.05) is 6.92 Å². The van der Waals surface area contributed by atoms with Gasteiger partial charge in [-0.25, -0.2) is 0 Å². The molecule has 1 saturated heterocycles. The average molecular weight is 294 g/mol. The van der Waals surface area contributed by atoms with Gasteiger partial charge in [0, 0.05) is 31.7 Å². The Morgan fingerprint density at radius 1 is 1.20 bits per heavy atom. The predicted molar refractivity (Wildman–Crippen MR) is 71.7 cm³/mol. The predicted octanol–water partition coefficient (Wildman–Crippen LogP) is 2.42.